The first-order valence-corrected chi connectivity index (χ1v) is 4.60. The van der Waals surface area contributed by atoms with Crippen LogP contribution in [0.15, 0.2) is 0 Å². The van der Waals surface area contributed by atoms with E-state index in [1.807, 2.05) is 12.5 Å². The number of aliphatic carboxylic acids is 1. The number of rotatable bonds is 3. The fourth-order valence-electron chi connectivity index (χ4n) is 0.291. The van der Waals surface area contributed by atoms with Gasteiger partial charge in [0.15, 0.2) is 0 Å². The molecule has 0 saturated carbocycles. The molecule has 0 spiro atoms. The quantitative estimate of drug-likeness (QED) is 0.374. The van der Waals surface area contributed by atoms with Gasteiger partial charge in [0.1, 0.15) is 5.75 Å². The lowest BCUT2D eigenvalue weighted by atomic mass is 10.7. The molecule has 0 rings (SSSR count). The highest BCUT2D eigenvalue weighted by atomic mass is 35.5. The lowest BCUT2D eigenvalue weighted by Gasteiger charge is -1.90. The zero-order valence-corrected chi connectivity index (χ0v) is 7.13. The van der Waals surface area contributed by atoms with Gasteiger partial charge in [-0.2, -0.15) is 0 Å². The van der Waals surface area contributed by atoms with Gasteiger partial charge in [-0.15, -0.1) is 0 Å². The number of carbonyl (C=O) groups is 1. The van der Waals surface area contributed by atoms with Crippen molar-refractivity contribution in [1.82, 2.24) is 0 Å². The van der Waals surface area contributed by atoms with E-state index < -0.39 is 5.97 Å². The van der Waals surface area contributed by atoms with E-state index in [0.717, 1.165) is 5.75 Å². The number of hydrogen-bond donors (Lipinski definition) is 1. The van der Waals surface area contributed by atoms with Crippen LogP contribution in [0, 0.1) is 0 Å². The highest BCUT2D eigenvalue weighted by Crippen LogP contribution is 1.87. The van der Waals surface area contributed by atoms with Crippen LogP contribution in [0.1, 0.15) is 6.42 Å². The summed E-state index contributed by atoms with van der Waals surface area (Å²) in [6, 6.07) is 0. The van der Waals surface area contributed by atoms with Crippen molar-refractivity contribution in [2.24, 2.45) is 0 Å². The Morgan fingerprint density at radius 2 is 2.00 bits per heavy atom. The first kappa shape index (κ1) is 11.9. The zero-order chi connectivity index (χ0) is 6.57. The Hall–Kier alpha value is 0.110. The van der Waals surface area contributed by atoms with Crippen molar-refractivity contribution in [3.63, 3.8) is 0 Å². The molecule has 0 aromatic rings. The van der Waals surface area contributed by atoms with Gasteiger partial charge in [-0.3, -0.25) is 4.79 Å². The van der Waals surface area contributed by atoms with Gasteiger partial charge in [0.25, 0.3) is 0 Å². The predicted molar refractivity (Wildman–Crippen MR) is 36.3 cm³/mol. The lowest BCUT2D eigenvalue weighted by molar-refractivity contribution is -0.136. The SMILES string of the molecule is [13CH3][S+]([13CH3])[13CH2]CC(=O)O.[Cl-]. The van der Waals surface area contributed by atoms with E-state index in [2.05, 4.69) is 0 Å². The van der Waals surface area contributed by atoms with Crippen LogP contribution in [0.4, 0.5) is 0 Å². The van der Waals surface area contributed by atoms with Crippen molar-refractivity contribution in [3.05, 3.63) is 0 Å². The van der Waals surface area contributed by atoms with E-state index in [4.69, 9.17) is 5.11 Å². The Balaban J connectivity index is 0. The van der Waals surface area contributed by atoms with Gasteiger partial charge >= 0.3 is 5.97 Å². The molecule has 0 heterocycles. The highest BCUT2D eigenvalue weighted by molar-refractivity contribution is 7.95. The maximum absolute atomic E-state index is 9.91. The molecule has 0 aliphatic rings. The number of halogens is 1. The Morgan fingerprint density at radius 3 is 2.11 bits per heavy atom. The minimum atomic E-state index is -0.689. The summed E-state index contributed by atoms with van der Waals surface area (Å²) in [5, 5.41) is 8.17. The van der Waals surface area contributed by atoms with Gasteiger partial charge in [-0.25, -0.2) is 0 Å². The zero-order valence-electron chi connectivity index (χ0n) is 5.56. The molecule has 0 atom stereocenters. The van der Waals surface area contributed by atoms with Gasteiger partial charge in [-0.1, -0.05) is 0 Å². The Morgan fingerprint density at radius 1 is 1.56 bits per heavy atom. The number of hydrogen-bond acceptors (Lipinski definition) is 1. The van der Waals surface area contributed by atoms with Gasteiger partial charge in [0, 0.05) is 0 Å². The summed E-state index contributed by atoms with van der Waals surface area (Å²) in [5.41, 5.74) is 0. The van der Waals surface area contributed by atoms with Crippen LogP contribution in [0.5, 0.6) is 0 Å². The minimum Gasteiger partial charge on any atom is -1.00 e. The monoisotopic (exact) mass is 173 g/mol. The van der Waals surface area contributed by atoms with Crippen molar-refractivity contribution in [2.45, 2.75) is 6.42 Å². The molecule has 0 unspecified atom stereocenters. The maximum atomic E-state index is 9.91. The third-order valence-electron chi connectivity index (χ3n) is 0.724. The summed E-state index contributed by atoms with van der Waals surface area (Å²) < 4.78 is 0. The second-order valence-electron chi connectivity index (χ2n) is 1.83. The second kappa shape index (κ2) is 6.23. The molecule has 0 aliphatic carbocycles. The standard InChI is InChI=1S/C5H10O2S.ClH/c1-8(2)4-3-5(6)7;/h3-4H2,1-2H3;1H/i1+1,2+1,4+1;. The molecule has 0 bridgehead atoms. The molecule has 0 fully saturated rings. The summed E-state index contributed by atoms with van der Waals surface area (Å²) >= 11 is 0. The van der Waals surface area contributed by atoms with E-state index in [0.29, 0.717) is 6.42 Å². The van der Waals surface area contributed by atoms with E-state index in [-0.39, 0.29) is 23.3 Å². The van der Waals surface area contributed by atoms with Crippen LogP contribution in [0.3, 0.4) is 0 Å². The van der Waals surface area contributed by atoms with Crippen molar-refractivity contribution in [3.8, 4) is 0 Å². The molecule has 56 valence electrons. The van der Waals surface area contributed by atoms with Gasteiger partial charge in [0.2, 0.25) is 0 Å². The largest absolute Gasteiger partial charge is 1.00 e. The van der Waals surface area contributed by atoms with Crippen molar-refractivity contribution >= 4 is 16.9 Å². The summed E-state index contributed by atoms with van der Waals surface area (Å²) in [6.07, 6.45) is 4.40. The average molecular weight is 174 g/mol. The Labute approximate surface area is 64.4 Å². The van der Waals surface area contributed by atoms with Crippen LogP contribution in [0.25, 0.3) is 0 Å². The fourth-order valence-corrected chi connectivity index (χ4v) is 0.874. The predicted octanol–water partition coefficient (Wildman–Crippen LogP) is -2.66. The molecule has 0 saturated heterocycles. The molecular formula is C5H11ClO2S. The topological polar surface area (TPSA) is 37.3 Å². The van der Waals surface area contributed by atoms with E-state index in [1.165, 1.54) is 0 Å². The molecule has 0 amide bonds. The van der Waals surface area contributed by atoms with Gasteiger partial charge < -0.3 is 17.5 Å². The van der Waals surface area contributed by atoms with E-state index in [1.54, 1.807) is 0 Å². The normalized spacial score (nSPS) is 8.78. The first-order chi connectivity index (χ1) is 3.63. The average Bonchev–Trinajstić information content (AvgIpc) is 1.61. The third-order valence-corrected chi connectivity index (χ3v) is 1.74. The molecular weight excluding hydrogens is 163 g/mol. The summed E-state index contributed by atoms with van der Waals surface area (Å²) in [6.45, 7) is 0. The fraction of sp³-hybridized carbons (Fsp3) is 0.800. The van der Waals surface area contributed by atoms with Crippen molar-refractivity contribution in [1.29, 1.82) is 0 Å². The third kappa shape index (κ3) is 11.6. The number of carboxylic acid groups (broad SMARTS) is 1. The molecule has 0 aromatic carbocycles. The molecule has 0 radical (unpaired) electrons. The lowest BCUT2D eigenvalue weighted by Crippen LogP contribution is -3.00. The summed E-state index contributed by atoms with van der Waals surface area (Å²) in [5.74, 6) is 0.126. The van der Waals surface area contributed by atoms with Crippen LogP contribution in [-0.4, -0.2) is 29.3 Å². The highest BCUT2D eigenvalue weighted by Gasteiger charge is 2.04. The Kier molecular flexibility index (Phi) is 8.21. The van der Waals surface area contributed by atoms with Crippen molar-refractivity contribution in [2.75, 3.05) is 18.3 Å². The van der Waals surface area contributed by atoms with Crippen LogP contribution < -0.4 is 12.4 Å². The summed E-state index contributed by atoms with van der Waals surface area (Å²) in [4.78, 5) is 9.91. The summed E-state index contributed by atoms with van der Waals surface area (Å²) in [7, 11) is 0.283. The Bertz CT molecular complexity index is 85.0. The first-order valence-electron chi connectivity index (χ1n) is 2.39. The van der Waals surface area contributed by atoms with Crippen molar-refractivity contribution < 1.29 is 22.3 Å². The van der Waals surface area contributed by atoms with Gasteiger partial charge in [0.05, 0.1) is 18.9 Å². The van der Waals surface area contributed by atoms with Gasteiger partial charge in [-0.05, 0) is 10.9 Å². The van der Waals surface area contributed by atoms with E-state index in [9.17, 15) is 4.79 Å². The second-order valence-corrected chi connectivity index (χ2v) is 4.21. The van der Waals surface area contributed by atoms with Crippen LogP contribution in [0.2, 0.25) is 0 Å². The maximum Gasteiger partial charge on any atom is 0.308 e. The van der Waals surface area contributed by atoms with Crippen LogP contribution >= 0.6 is 0 Å². The molecule has 0 aromatic heterocycles. The minimum absolute atomic E-state index is 0. The molecule has 1 N–H and O–H groups in total. The molecule has 2 nitrogen and oxygen atoms in total. The smallest absolute Gasteiger partial charge is 0.308 e. The molecule has 0 aliphatic heterocycles. The number of carboxylic acids is 1. The van der Waals surface area contributed by atoms with E-state index >= 15 is 0 Å². The molecule has 4 heteroatoms. The molecule has 9 heavy (non-hydrogen) atoms. The van der Waals surface area contributed by atoms with Crippen LogP contribution in [-0.2, 0) is 15.7 Å².